The second kappa shape index (κ2) is 11.6. The van der Waals surface area contributed by atoms with Crippen LogP contribution in [0.1, 0.15) is 13.3 Å². The number of carbonyl (C=O) groups excluding carboxylic acids is 2. The van der Waals surface area contributed by atoms with Crippen molar-refractivity contribution in [1.29, 1.82) is 0 Å². The number of nitrogens with two attached hydrogens (primary N) is 1. The van der Waals surface area contributed by atoms with Gasteiger partial charge >= 0.3 is 0 Å². The highest BCUT2D eigenvalue weighted by Gasteiger charge is 2.47. The predicted molar refractivity (Wildman–Crippen MR) is 159 cm³/mol. The molecule has 1 aromatic carbocycles. The zero-order valence-electron chi connectivity index (χ0n) is 23.9. The molecule has 5 unspecified atom stereocenters. The molecule has 2 fully saturated rings. The first-order chi connectivity index (χ1) is 20.3. The lowest BCUT2D eigenvalue weighted by Gasteiger charge is -2.35. The SMILES string of the molecule is CNC(C)CN1CCN(C(=O)COc2ccc(-c3nc4ncc(O)c(NC5C6C=CC(C6)C5C(N)=O)c4[nH]3)cc2)CC1. The maximum absolute atomic E-state index is 12.7. The number of benzene rings is 1. The number of fused-ring (bicyclic) bond motifs is 3. The number of pyridine rings is 1. The first-order valence-electron chi connectivity index (χ1n) is 14.5. The fraction of sp³-hybridized carbons (Fsp3) is 0.467. The molecular weight excluding hydrogens is 536 g/mol. The summed E-state index contributed by atoms with van der Waals surface area (Å²) in [6.07, 6.45) is 6.39. The van der Waals surface area contributed by atoms with E-state index in [1.54, 1.807) is 12.1 Å². The fourth-order valence-corrected chi connectivity index (χ4v) is 6.41. The number of aromatic nitrogens is 3. The van der Waals surface area contributed by atoms with E-state index in [0.717, 1.165) is 31.6 Å². The first kappa shape index (κ1) is 28.0. The van der Waals surface area contributed by atoms with Crippen molar-refractivity contribution in [3.8, 4) is 22.9 Å². The quantitative estimate of drug-likeness (QED) is 0.226. The van der Waals surface area contributed by atoms with Gasteiger partial charge in [0, 0.05) is 50.4 Å². The van der Waals surface area contributed by atoms with Crippen molar-refractivity contribution in [2.75, 3.05) is 51.7 Å². The summed E-state index contributed by atoms with van der Waals surface area (Å²) in [6.45, 7) is 6.23. The van der Waals surface area contributed by atoms with Gasteiger partial charge in [-0.05, 0) is 56.5 Å². The summed E-state index contributed by atoms with van der Waals surface area (Å²) in [5, 5.41) is 17.3. The van der Waals surface area contributed by atoms with Crippen molar-refractivity contribution in [3.05, 3.63) is 42.6 Å². The van der Waals surface area contributed by atoms with Gasteiger partial charge in [0.25, 0.3) is 5.91 Å². The minimum Gasteiger partial charge on any atom is -0.504 e. The molecule has 2 bridgehead atoms. The molecule has 3 aliphatic rings. The van der Waals surface area contributed by atoms with E-state index in [1.807, 2.05) is 24.1 Å². The third kappa shape index (κ3) is 5.51. The van der Waals surface area contributed by atoms with Crippen molar-refractivity contribution < 1.29 is 19.4 Å². The zero-order valence-corrected chi connectivity index (χ0v) is 23.9. The van der Waals surface area contributed by atoms with E-state index in [1.165, 1.54) is 6.20 Å². The number of hydrogen-bond acceptors (Lipinski definition) is 9. The molecule has 6 rings (SSSR count). The summed E-state index contributed by atoms with van der Waals surface area (Å²) in [6, 6.07) is 7.52. The number of primary amides is 1. The number of piperazine rings is 1. The molecule has 3 heterocycles. The minimum absolute atomic E-state index is 0.0143. The van der Waals surface area contributed by atoms with Gasteiger partial charge in [-0.1, -0.05) is 12.2 Å². The molecule has 0 spiro atoms. The summed E-state index contributed by atoms with van der Waals surface area (Å²) < 4.78 is 5.80. The maximum atomic E-state index is 12.7. The summed E-state index contributed by atoms with van der Waals surface area (Å²) >= 11 is 0. The number of hydrogen-bond donors (Lipinski definition) is 5. The highest BCUT2D eigenvalue weighted by molar-refractivity contribution is 5.92. The Morgan fingerprint density at radius 2 is 1.90 bits per heavy atom. The lowest BCUT2D eigenvalue weighted by Crippen LogP contribution is -2.52. The van der Waals surface area contributed by atoms with E-state index in [-0.39, 0.29) is 48.0 Å². The van der Waals surface area contributed by atoms with E-state index in [2.05, 4.69) is 49.6 Å². The van der Waals surface area contributed by atoms with Crippen LogP contribution in [0.25, 0.3) is 22.6 Å². The van der Waals surface area contributed by atoms with Gasteiger partial charge in [0.1, 0.15) is 22.8 Å². The molecule has 2 aromatic heterocycles. The molecule has 12 nitrogen and oxygen atoms in total. The minimum atomic E-state index is -0.346. The molecule has 1 saturated heterocycles. The average Bonchev–Trinajstić information content (AvgIpc) is 3.73. The van der Waals surface area contributed by atoms with Gasteiger partial charge in [0.2, 0.25) is 5.91 Å². The molecule has 2 amide bonds. The topological polar surface area (TPSA) is 162 Å². The number of rotatable bonds is 10. The predicted octanol–water partition coefficient (Wildman–Crippen LogP) is 1.55. The number of nitrogens with one attached hydrogen (secondary N) is 3. The van der Waals surface area contributed by atoms with Gasteiger partial charge in [0.05, 0.1) is 12.1 Å². The second-order valence-electron chi connectivity index (χ2n) is 11.5. The van der Waals surface area contributed by atoms with Crippen LogP contribution in [0.2, 0.25) is 0 Å². The largest absolute Gasteiger partial charge is 0.504 e. The van der Waals surface area contributed by atoms with Crippen LogP contribution < -0.4 is 21.1 Å². The summed E-state index contributed by atoms with van der Waals surface area (Å²) in [4.78, 5) is 41.3. The van der Waals surface area contributed by atoms with Crippen LogP contribution >= 0.6 is 0 Å². The van der Waals surface area contributed by atoms with Crippen LogP contribution in [0.5, 0.6) is 11.5 Å². The number of amides is 2. The Kier molecular flexibility index (Phi) is 7.74. The Labute approximate surface area is 244 Å². The number of aromatic hydroxyl groups is 1. The molecule has 42 heavy (non-hydrogen) atoms. The Balaban J connectivity index is 1.09. The molecule has 1 saturated carbocycles. The van der Waals surface area contributed by atoms with Crippen LogP contribution in [0.4, 0.5) is 5.69 Å². The number of likely N-dealkylation sites (N-methyl/N-ethyl adjacent to an activating group) is 1. The number of allylic oxidation sites excluding steroid dienone is 1. The lowest BCUT2D eigenvalue weighted by atomic mass is 9.88. The van der Waals surface area contributed by atoms with E-state index in [4.69, 9.17) is 10.5 Å². The van der Waals surface area contributed by atoms with Gasteiger partial charge in [-0.3, -0.25) is 14.5 Å². The number of anilines is 1. The van der Waals surface area contributed by atoms with Crippen molar-refractivity contribution in [1.82, 2.24) is 30.1 Å². The normalized spacial score (nSPS) is 24.3. The second-order valence-corrected chi connectivity index (χ2v) is 11.5. The molecule has 5 atom stereocenters. The Morgan fingerprint density at radius 1 is 1.17 bits per heavy atom. The Bertz CT molecular complexity index is 1480. The Hall–Kier alpha value is -4.16. The van der Waals surface area contributed by atoms with Crippen molar-refractivity contribution in [3.63, 3.8) is 0 Å². The molecule has 222 valence electrons. The molecule has 12 heteroatoms. The van der Waals surface area contributed by atoms with Crippen LogP contribution in [-0.2, 0) is 9.59 Å². The van der Waals surface area contributed by atoms with E-state index in [9.17, 15) is 14.7 Å². The van der Waals surface area contributed by atoms with E-state index >= 15 is 0 Å². The average molecular weight is 575 g/mol. The van der Waals surface area contributed by atoms with E-state index < -0.39 is 0 Å². The van der Waals surface area contributed by atoms with Gasteiger partial charge in [-0.2, -0.15) is 0 Å². The van der Waals surface area contributed by atoms with Gasteiger partial charge in [-0.25, -0.2) is 9.97 Å². The smallest absolute Gasteiger partial charge is 0.260 e. The highest BCUT2D eigenvalue weighted by Crippen LogP contribution is 2.46. The molecule has 6 N–H and O–H groups in total. The van der Waals surface area contributed by atoms with Gasteiger partial charge in [0.15, 0.2) is 18.0 Å². The van der Waals surface area contributed by atoms with Crippen molar-refractivity contribution in [2.45, 2.75) is 25.4 Å². The first-order valence-corrected chi connectivity index (χ1v) is 14.5. The number of carbonyl (C=O) groups is 2. The Morgan fingerprint density at radius 3 is 2.62 bits per heavy atom. The number of H-pyrrole nitrogens is 1. The highest BCUT2D eigenvalue weighted by atomic mass is 16.5. The van der Waals surface area contributed by atoms with Crippen LogP contribution in [-0.4, -0.2) is 100 Å². The van der Waals surface area contributed by atoms with Crippen LogP contribution in [0, 0.1) is 17.8 Å². The van der Waals surface area contributed by atoms with Crippen molar-refractivity contribution >= 4 is 28.7 Å². The van der Waals surface area contributed by atoms with E-state index in [0.29, 0.717) is 47.6 Å². The van der Waals surface area contributed by atoms with Gasteiger partial charge in [-0.15, -0.1) is 0 Å². The summed E-state index contributed by atoms with van der Waals surface area (Å²) in [5.41, 5.74) is 7.96. The standard InChI is InChI=1S/C30H38N8O4/c1-17(32-2)15-37-9-11-38(12-10-37)23(40)16-42-21-7-5-18(6-8-21)29-35-27-26(22(39)14-33-30(27)36-29)34-25-20-4-3-19(13-20)24(25)28(31)41/h3-8,14,17,19-20,24-25,32,39H,9-13,15-16H2,1-2H3,(H2,31,41)(H2,33,34,35,36). The molecule has 2 aliphatic carbocycles. The van der Waals surface area contributed by atoms with Crippen molar-refractivity contribution in [2.24, 2.45) is 23.5 Å². The fourth-order valence-electron chi connectivity index (χ4n) is 6.41. The lowest BCUT2D eigenvalue weighted by molar-refractivity contribution is -0.135. The zero-order chi connectivity index (χ0) is 29.4. The maximum Gasteiger partial charge on any atom is 0.260 e. The molecule has 1 aliphatic heterocycles. The third-order valence-corrected chi connectivity index (χ3v) is 8.84. The summed E-state index contributed by atoms with van der Waals surface area (Å²) in [5.74, 6) is 0.683. The monoisotopic (exact) mass is 574 g/mol. The summed E-state index contributed by atoms with van der Waals surface area (Å²) in [7, 11) is 1.96. The van der Waals surface area contributed by atoms with Crippen LogP contribution in [0.3, 0.4) is 0 Å². The third-order valence-electron chi connectivity index (χ3n) is 8.84. The molecular formula is C30H38N8O4. The number of imidazole rings is 1. The number of nitrogens with zero attached hydrogens (tertiary/aromatic N) is 4. The molecule has 0 radical (unpaired) electrons. The number of ether oxygens (including phenoxy) is 1. The van der Waals surface area contributed by atoms with Crippen LogP contribution in [0.15, 0.2) is 42.6 Å². The van der Waals surface area contributed by atoms with Gasteiger partial charge < -0.3 is 36.1 Å². The molecule has 3 aromatic rings. The number of aromatic amines is 1.